The van der Waals surface area contributed by atoms with Gasteiger partial charge in [-0.3, -0.25) is 4.79 Å². The van der Waals surface area contributed by atoms with Crippen LogP contribution >= 0.6 is 11.3 Å². The Bertz CT molecular complexity index is 476. The largest absolute Gasteiger partial charge is 0.504 e. The van der Waals surface area contributed by atoms with Crippen LogP contribution in [-0.2, 0) is 0 Å². The van der Waals surface area contributed by atoms with Crippen molar-refractivity contribution in [2.45, 2.75) is 0 Å². The van der Waals surface area contributed by atoms with Crippen LogP contribution in [0, 0.1) is 0 Å². The van der Waals surface area contributed by atoms with Gasteiger partial charge in [-0.25, -0.2) is 0 Å². The molecule has 0 bridgehead atoms. The molecule has 0 aliphatic heterocycles. The number of aldehydes is 1. The molecule has 2 aromatic rings. The summed E-state index contributed by atoms with van der Waals surface area (Å²) in [6.07, 6.45) is 0.743. The highest BCUT2D eigenvalue weighted by molar-refractivity contribution is 7.23. The number of carbonyl (C=O) groups is 1. The first-order chi connectivity index (χ1) is 6.22. The van der Waals surface area contributed by atoms with Crippen molar-refractivity contribution in [3.63, 3.8) is 0 Å². The summed E-state index contributed by atoms with van der Waals surface area (Å²) < 4.78 is 0.889. The maximum atomic E-state index is 10.5. The molecule has 1 aromatic carbocycles. The Morgan fingerprint density at radius 1 is 1.46 bits per heavy atom. The number of nitrogen functional groups attached to an aromatic ring is 1. The maximum absolute atomic E-state index is 10.5. The number of thiophene rings is 1. The molecule has 0 unspecified atom stereocenters. The van der Waals surface area contributed by atoms with E-state index >= 15 is 0 Å². The predicted molar refractivity (Wildman–Crippen MR) is 53.3 cm³/mol. The monoisotopic (exact) mass is 193 g/mol. The summed E-state index contributed by atoms with van der Waals surface area (Å²) in [4.78, 5) is 10.5. The van der Waals surface area contributed by atoms with E-state index in [-0.39, 0.29) is 5.75 Å². The fourth-order valence-corrected chi connectivity index (χ4v) is 2.04. The van der Waals surface area contributed by atoms with E-state index in [2.05, 4.69) is 0 Å². The molecule has 0 aliphatic carbocycles. The molecule has 0 saturated carbocycles. The predicted octanol–water partition coefficient (Wildman–Crippen LogP) is 2.00. The first kappa shape index (κ1) is 8.07. The van der Waals surface area contributed by atoms with Gasteiger partial charge in [0.1, 0.15) is 11.3 Å². The highest BCUT2D eigenvalue weighted by Crippen LogP contribution is 2.38. The topological polar surface area (TPSA) is 63.3 Å². The van der Waals surface area contributed by atoms with Gasteiger partial charge in [-0.2, -0.15) is 0 Å². The zero-order valence-electron chi connectivity index (χ0n) is 6.65. The summed E-state index contributed by atoms with van der Waals surface area (Å²) in [6, 6.07) is 5.11. The molecule has 0 spiro atoms. The summed E-state index contributed by atoms with van der Waals surface area (Å²) in [5, 5.41) is 10.5. The molecule has 0 amide bonds. The molecule has 0 fully saturated rings. The van der Waals surface area contributed by atoms with Crippen LogP contribution in [-0.4, -0.2) is 11.4 Å². The van der Waals surface area contributed by atoms with E-state index in [0.717, 1.165) is 11.0 Å². The van der Waals surface area contributed by atoms with Gasteiger partial charge in [0.2, 0.25) is 0 Å². The van der Waals surface area contributed by atoms with Crippen molar-refractivity contribution in [2.75, 3.05) is 5.73 Å². The van der Waals surface area contributed by atoms with Crippen LogP contribution in [0.2, 0.25) is 0 Å². The molecule has 66 valence electrons. The third-order valence-corrected chi connectivity index (χ3v) is 2.84. The highest BCUT2D eigenvalue weighted by atomic mass is 32.1. The van der Waals surface area contributed by atoms with E-state index in [4.69, 9.17) is 5.73 Å². The molecule has 13 heavy (non-hydrogen) atoms. The van der Waals surface area contributed by atoms with Crippen LogP contribution < -0.4 is 5.73 Å². The number of rotatable bonds is 1. The third kappa shape index (κ3) is 1.15. The van der Waals surface area contributed by atoms with Gasteiger partial charge < -0.3 is 10.8 Å². The number of fused-ring (bicyclic) bond motifs is 1. The minimum atomic E-state index is 0.0729. The summed E-state index contributed by atoms with van der Waals surface area (Å²) >= 11 is 1.31. The Hall–Kier alpha value is -1.55. The van der Waals surface area contributed by atoms with E-state index in [1.54, 1.807) is 18.2 Å². The summed E-state index contributed by atoms with van der Waals surface area (Å²) in [6.45, 7) is 0. The van der Waals surface area contributed by atoms with Crippen LogP contribution in [0.15, 0.2) is 18.2 Å². The molecule has 1 aromatic heterocycles. The van der Waals surface area contributed by atoms with E-state index in [1.807, 2.05) is 0 Å². The van der Waals surface area contributed by atoms with Crippen molar-refractivity contribution in [3.05, 3.63) is 23.8 Å². The summed E-state index contributed by atoms with van der Waals surface area (Å²) in [5.41, 5.74) is 6.07. The second-order valence-electron chi connectivity index (χ2n) is 2.69. The third-order valence-electron chi connectivity index (χ3n) is 1.85. The van der Waals surface area contributed by atoms with Gasteiger partial charge in [0.25, 0.3) is 0 Å². The highest BCUT2D eigenvalue weighted by Gasteiger charge is 2.08. The first-order valence-corrected chi connectivity index (χ1v) is 4.50. The van der Waals surface area contributed by atoms with Gasteiger partial charge in [-0.1, -0.05) is 6.07 Å². The van der Waals surface area contributed by atoms with Gasteiger partial charge in [0, 0.05) is 15.6 Å². The summed E-state index contributed by atoms with van der Waals surface area (Å²) in [7, 11) is 0. The van der Waals surface area contributed by atoms with Crippen LogP contribution in [0.3, 0.4) is 0 Å². The lowest BCUT2D eigenvalue weighted by Gasteiger charge is -1.91. The molecule has 0 aliphatic rings. The van der Waals surface area contributed by atoms with Gasteiger partial charge >= 0.3 is 0 Å². The average molecular weight is 193 g/mol. The number of hydrogen-bond donors (Lipinski definition) is 2. The number of anilines is 1. The van der Waals surface area contributed by atoms with Crippen molar-refractivity contribution in [2.24, 2.45) is 0 Å². The van der Waals surface area contributed by atoms with Gasteiger partial charge in [0.15, 0.2) is 5.75 Å². The standard InChI is InChI=1S/C9H7NO2S/c10-9-8(12)6-3-5(4-11)1-2-7(6)13-9/h1-4,12H,10H2. The first-order valence-electron chi connectivity index (χ1n) is 3.68. The van der Waals surface area contributed by atoms with Gasteiger partial charge in [0.05, 0.1) is 0 Å². The van der Waals surface area contributed by atoms with E-state index < -0.39 is 0 Å². The second-order valence-corrected chi connectivity index (χ2v) is 3.77. The molecule has 3 N–H and O–H groups in total. The normalized spacial score (nSPS) is 10.5. The summed E-state index contributed by atoms with van der Waals surface area (Å²) in [5.74, 6) is 0.0729. The molecule has 1 heterocycles. The Labute approximate surface area is 78.4 Å². The number of hydrogen-bond acceptors (Lipinski definition) is 4. The fourth-order valence-electron chi connectivity index (χ4n) is 1.19. The molecule has 0 saturated heterocycles. The smallest absolute Gasteiger partial charge is 0.157 e. The van der Waals surface area contributed by atoms with E-state index in [1.165, 1.54) is 11.3 Å². The molecule has 0 atom stereocenters. The molecular formula is C9H7NO2S. The van der Waals surface area contributed by atoms with E-state index in [9.17, 15) is 9.90 Å². The second kappa shape index (κ2) is 2.74. The number of carbonyl (C=O) groups excluding carboxylic acids is 1. The maximum Gasteiger partial charge on any atom is 0.157 e. The molecular weight excluding hydrogens is 186 g/mol. The van der Waals surface area contributed by atoms with Crippen LogP contribution in [0.5, 0.6) is 5.75 Å². The van der Waals surface area contributed by atoms with Crippen molar-refractivity contribution >= 4 is 32.7 Å². The zero-order valence-corrected chi connectivity index (χ0v) is 7.47. The van der Waals surface area contributed by atoms with Crippen LogP contribution in [0.25, 0.3) is 10.1 Å². The lowest BCUT2D eigenvalue weighted by atomic mass is 10.2. The SMILES string of the molecule is Nc1sc2ccc(C=O)cc2c1O. The van der Waals surface area contributed by atoms with Crippen LogP contribution in [0.4, 0.5) is 5.00 Å². The quantitative estimate of drug-likeness (QED) is 0.681. The van der Waals surface area contributed by atoms with Crippen molar-refractivity contribution in [1.82, 2.24) is 0 Å². The molecule has 3 nitrogen and oxygen atoms in total. The lowest BCUT2D eigenvalue weighted by molar-refractivity contribution is 0.112. The van der Waals surface area contributed by atoms with Crippen molar-refractivity contribution in [3.8, 4) is 5.75 Å². The Morgan fingerprint density at radius 2 is 2.23 bits per heavy atom. The zero-order chi connectivity index (χ0) is 9.42. The van der Waals surface area contributed by atoms with Crippen LogP contribution in [0.1, 0.15) is 10.4 Å². The van der Waals surface area contributed by atoms with Crippen molar-refractivity contribution in [1.29, 1.82) is 0 Å². The Kier molecular flexibility index (Phi) is 1.70. The average Bonchev–Trinajstić information content (AvgIpc) is 2.43. The minimum absolute atomic E-state index is 0.0729. The Balaban J connectivity index is 2.81. The van der Waals surface area contributed by atoms with Gasteiger partial charge in [-0.05, 0) is 12.1 Å². The van der Waals surface area contributed by atoms with Gasteiger partial charge in [-0.15, -0.1) is 11.3 Å². The fraction of sp³-hybridized carbons (Fsp3) is 0. The number of nitrogens with two attached hydrogens (primary N) is 1. The molecule has 0 radical (unpaired) electrons. The minimum Gasteiger partial charge on any atom is -0.504 e. The molecule has 2 rings (SSSR count). The number of aromatic hydroxyl groups is 1. The van der Waals surface area contributed by atoms with Crippen molar-refractivity contribution < 1.29 is 9.90 Å². The molecule has 4 heteroatoms. The lowest BCUT2D eigenvalue weighted by Crippen LogP contribution is -1.78. The Morgan fingerprint density at radius 3 is 2.92 bits per heavy atom. The number of benzene rings is 1. The van der Waals surface area contributed by atoms with E-state index in [0.29, 0.717) is 16.0 Å².